The minimum Gasteiger partial charge on any atom is -0.478 e. The van der Waals surface area contributed by atoms with Crippen molar-refractivity contribution in [3.8, 4) is 5.88 Å². The normalized spacial score (nSPS) is 11.9. The maximum atomic E-state index is 5.72. The molecule has 1 N–H and O–H groups in total. The number of aromatic nitrogens is 1. The molecule has 3 heteroatoms. The minimum absolute atomic E-state index is 0.0401. The molecule has 3 nitrogen and oxygen atoms in total. The second-order valence-electron chi connectivity index (χ2n) is 6.82. The maximum Gasteiger partial charge on any atom is 0.213 e. The summed E-state index contributed by atoms with van der Waals surface area (Å²) >= 11 is 0. The zero-order valence-corrected chi connectivity index (χ0v) is 13.9. The van der Waals surface area contributed by atoms with Crippen LogP contribution in [0.25, 0.3) is 0 Å². The lowest BCUT2D eigenvalue weighted by Crippen LogP contribution is -2.20. The van der Waals surface area contributed by atoms with E-state index < -0.39 is 0 Å². The van der Waals surface area contributed by atoms with Crippen molar-refractivity contribution in [3.05, 3.63) is 23.4 Å². The van der Waals surface area contributed by atoms with E-state index in [1.807, 2.05) is 0 Å². The molecule has 0 atom stereocenters. The molecule has 0 saturated heterocycles. The number of rotatable bonds is 7. The van der Waals surface area contributed by atoms with E-state index in [1.165, 1.54) is 5.56 Å². The van der Waals surface area contributed by atoms with Gasteiger partial charge in [-0.05, 0) is 30.5 Å². The lowest BCUT2D eigenvalue weighted by atomic mass is 9.91. The fraction of sp³-hybridized carbons (Fsp3) is 0.706. The number of ether oxygens (including phenoxy) is 1. The van der Waals surface area contributed by atoms with Crippen molar-refractivity contribution in [1.82, 2.24) is 10.3 Å². The summed E-state index contributed by atoms with van der Waals surface area (Å²) in [5.41, 5.74) is 2.38. The van der Waals surface area contributed by atoms with Crippen LogP contribution in [-0.4, -0.2) is 18.1 Å². The maximum absolute atomic E-state index is 5.72. The largest absolute Gasteiger partial charge is 0.478 e. The first-order valence-corrected chi connectivity index (χ1v) is 7.68. The van der Waals surface area contributed by atoms with Gasteiger partial charge >= 0.3 is 0 Å². The molecule has 0 unspecified atom stereocenters. The average molecular weight is 278 g/mol. The summed E-state index contributed by atoms with van der Waals surface area (Å²) in [6, 6.07) is 4.24. The Bertz CT molecular complexity index is 408. The summed E-state index contributed by atoms with van der Waals surface area (Å²) in [7, 11) is 0. The molecule has 0 spiro atoms. The Labute approximate surface area is 124 Å². The van der Waals surface area contributed by atoms with E-state index in [2.05, 4.69) is 64.0 Å². The molecule has 1 aromatic rings. The molecule has 20 heavy (non-hydrogen) atoms. The van der Waals surface area contributed by atoms with Crippen molar-refractivity contribution in [1.29, 1.82) is 0 Å². The molecule has 1 aromatic heterocycles. The average Bonchev–Trinajstić information content (AvgIpc) is 2.34. The summed E-state index contributed by atoms with van der Waals surface area (Å²) in [4.78, 5) is 4.64. The van der Waals surface area contributed by atoms with Crippen LogP contribution in [0.1, 0.15) is 59.2 Å². The molecule has 0 aliphatic heterocycles. The molecule has 0 saturated carbocycles. The fourth-order valence-corrected chi connectivity index (χ4v) is 1.83. The minimum atomic E-state index is 0.0401. The quantitative estimate of drug-likeness (QED) is 0.821. The number of hydrogen-bond acceptors (Lipinski definition) is 3. The summed E-state index contributed by atoms with van der Waals surface area (Å²) < 4.78 is 5.72. The highest BCUT2D eigenvalue weighted by Gasteiger charge is 2.17. The molecular weight excluding hydrogens is 248 g/mol. The van der Waals surface area contributed by atoms with Gasteiger partial charge in [0.1, 0.15) is 0 Å². The van der Waals surface area contributed by atoms with Crippen molar-refractivity contribution in [2.75, 3.05) is 13.2 Å². The zero-order valence-electron chi connectivity index (χ0n) is 13.9. The van der Waals surface area contributed by atoms with E-state index in [9.17, 15) is 0 Å². The van der Waals surface area contributed by atoms with Crippen LogP contribution in [0.15, 0.2) is 12.1 Å². The number of pyridine rings is 1. The third-order valence-corrected chi connectivity index (χ3v) is 2.97. The van der Waals surface area contributed by atoms with Crippen LogP contribution in [-0.2, 0) is 12.0 Å². The van der Waals surface area contributed by atoms with Crippen LogP contribution in [0.2, 0.25) is 0 Å². The molecule has 0 radical (unpaired) electrons. The van der Waals surface area contributed by atoms with Gasteiger partial charge in [-0.15, -0.1) is 0 Å². The number of nitrogens with zero attached hydrogens (tertiary/aromatic N) is 1. The molecule has 0 fully saturated rings. The SMILES string of the molecule is CCCOc1cc(CNCC(C)C)cc(C(C)(C)C)n1. The van der Waals surface area contributed by atoms with E-state index in [4.69, 9.17) is 4.74 Å². The summed E-state index contributed by atoms with van der Waals surface area (Å²) in [5.74, 6) is 1.41. The van der Waals surface area contributed by atoms with Gasteiger partial charge < -0.3 is 10.1 Å². The second kappa shape index (κ2) is 7.63. The Morgan fingerprint density at radius 2 is 1.95 bits per heavy atom. The van der Waals surface area contributed by atoms with Crippen LogP contribution < -0.4 is 10.1 Å². The monoisotopic (exact) mass is 278 g/mol. The van der Waals surface area contributed by atoms with Crippen molar-refractivity contribution in [2.45, 2.75) is 59.9 Å². The zero-order chi connectivity index (χ0) is 15.2. The highest BCUT2D eigenvalue weighted by atomic mass is 16.5. The molecule has 0 aliphatic rings. The molecule has 0 aromatic carbocycles. The first-order valence-electron chi connectivity index (χ1n) is 7.68. The Morgan fingerprint density at radius 1 is 1.25 bits per heavy atom. The lowest BCUT2D eigenvalue weighted by molar-refractivity contribution is 0.302. The highest BCUT2D eigenvalue weighted by molar-refractivity contribution is 5.28. The van der Waals surface area contributed by atoms with Crippen LogP contribution >= 0.6 is 0 Å². The molecule has 0 aliphatic carbocycles. The van der Waals surface area contributed by atoms with Gasteiger partial charge in [0.05, 0.1) is 12.3 Å². The van der Waals surface area contributed by atoms with Crippen molar-refractivity contribution >= 4 is 0 Å². The van der Waals surface area contributed by atoms with Crippen LogP contribution in [0.5, 0.6) is 5.88 Å². The molecule has 1 rings (SSSR count). The molecule has 1 heterocycles. The molecule has 114 valence electrons. The van der Waals surface area contributed by atoms with Gasteiger partial charge in [0.15, 0.2) is 0 Å². The number of hydrogen-bond donors (Lipinski definition) is 1. The Kier molecular flexibility index (Phi) is 6.47. The summed E-state index contributed by atoms with van der Waals surface area (Å²) in [6.07, 6.45) is 1.00. The smallest absolute Gasteiger partial charge is 0.213 e. The topological polar surface area (TPSA) is 34.1 Å². The summed E-state index contributed by atoms with van der Waals surface area (Å²) in [5, 5.41) is 3.48. The summed E-state index contributed by atoms with van der Waals surface area (Å²) in [6.45, 7) is 15.7. The van der Waals surface area contributed by atoms with E-state index in [0.717, 1.165) is 37.7 Å². The van der Waals surface area contributed by atoms with Crippen LogP contribution in [0, 0.1) is 5.92 Å². The Hall–Kier alpha value is -1.09. The molecule has 0 amide bonds. The van der Waals surface area contributed by atoms with Crippen molar-refractivity contribution in [3.63, 3.8) is 0 Å². The van der Waals surface area contributed by atoms with Crippen molar-refractivity contribution < 1.29 is 4.74 Å². The Morgan fingerprint density at radius 3 is 2.50 bits per heavy atom. The molecule has 0 bridgehead atoms. The first-order chi connectivity index (χ1) is 9.32. The van der Waals surface area contributed by atoms with Gasteiger partial charge in [0.25, 0.3) is 0 Å². The van der Waals surface area contributed by atoms with Crippen LogP contribution in [0.3, 0.4) is 0 Å². The predicted octanol–water partition coefficient (Wildman–Crippen LogP) is 3.91. The van der Waals surface area contributed by atoms with Crippen molar-refractivity contribution in [2.24, 2.45) is 5.92 Å². The van der Waals surface area contributed by atoms with Gasteiger partial charge in [-0.3, -0.25) is 0 Å². The van der Waals surface area contributed by atoms with Gasteiger partial charge in [0, 0.05) is 18.0 Å². The predicted molar refractivity (Wildman–Crippen MR) is 85.3 cm³/mol. The van der Waals surface area contributed by atoms with E-state index >= 15 is 0 Å². The van der Waals surface area contributed by atoms with Gasteiger partial charge in [0.2, 0.25) is 5.88 Å². The standard InChI is InChI=1S/C17H30N2O/c1-7-8-20-16-10-14(12-18-11-13(2)3)9-15(19-16)17(4,5)6/h9-10,13,18H,7-8,11-12H2,1-6H3. The third kappa shape index (κ3) is 5.91. The van der Waals surface area contributed by atoms with Crippen LogP contribution in [0.4, 0.5) is 0 Å². The van der Waals surface area contributed by atoms with E-state index in [1.54, 1.807) is 0 Å². The van der Waals surface area contributed by atoms with Gasteiger partial charge in [-0.1, -0.05) is 41.5 Å². The fourth-order valence-electron chi connectivity index (χ4n) is 1.83. The number of nitrogens with one attached hydrogen (secondary N) is 1. The van der Waals surface area contributed by atoms with E-state index in [-0.39, 0.29) is 5.41 Å². The second-order valence-corrected chi connectivity index (χ2v) is 6.82. The highest BCUT2D eigenvalue weighted by Crippen LogP contribution is 2.24. The van der Waals surface area contributed by atoms with E-state index in [0.29, 0.717) is 5.92 Å². The third-order valence-electron chi connectivity index (χ3n) is 2.97. The van der Waals surface area contributed by atoms with Gasteiger partial charge in [-0.25, -0.2) is 4.98 Å². The lowest BCUT2D eigenvalue weighted by Gasteiger charge is -2.20. The first kappa shape index (κ1) is 17.0. The van der Waals surface area contributed by atoms with Gasteiger partial charge in [-0.2, -0.15) is 0 Å². The Balaban J connectivity index is 2.86. The molecular formula is C17H30N2O.